The highest BCUT2D eigenvalue weighted by Gasteiger charge is 2.24. The number of thiazole rings is 1. The molecule has 0 amide bonds. The summed E-state index contributed by atoms with van der Waals surface area (Å²) in [5.41, 5.74) is 0.330. The van der Waals surface area contributed by atoms with Crippen LogP contribution in [0, 0.1) is 12.3 Å². The number of nitrogens with zero attached hydrogens (tertiary/aromatic N) is 2. The summed E-state index contributed by atoms with van der Waals surface area (Å²) in [4.78, 5) is 10.3. The second kappa shape index (κ2) is 4.98. The van der Waals surface area contributed by atoms with Crippen molar-refractivity contribution < 1.29 is 0 Å². The summed E-state index contributed by atoms with van der Waals surface area (Å²) in [6, 6.07) is 0.251. The number of aryl methyl sites for hydroxylation is 1. The van der Waals surface area contributed by atoms with Crippen molar-refractivity contribution in [3.63, 3.8) is 0 Å². The molecule has 1 aromatic heterocycles. The van der Waals surface area contributed by atoms with Crippen LogP contribution in [0.15, 0.2) is 11.2 Å². The van der Waals surface area contributed by atoms with E-state index in [0.717, 1.165) is 22.5 Å². The van der Waals surface area contributed by atoms with E-state index in [1.54, 1.807) is 11.3 Å². The molecule has 0 radical (unpaired) electrons. The minimum Gasteiger partial charge on any atom is -0.356 e. The third kappa shape index (κ3) is 3.45. The molecule has 2 rings (SSSR count). The van der Waals surface area contributed by atoms with Gasteiger partial charge in [0, 0.05) is 23.4 Å². The normalized spacial score (nSPS) is 20.8. The minimum absolute atomic E-state index is 0.251. The van der Waals surface area contributed by atoms with Gasteiger partial charge >= 0.3 is 0 Å². The smallest absolute Gasteiger partial charge is 0.157 e. The Kier molecular flexibility index (Phi) is 3.78. The predicted molar refractivity (Wildman–Crippen MR) is 76.9 cm³/mol. The Labute approximate surface area is 111 Å². The molecule has 5 heteroatoms. The van der Waals surface area contributed by atoms with Gasteiger partial charge in [0.15, 0.2) is 5.17 Å². The number of amidine groups is 1. The first kappa shape index (κ1) is 12.9. The number of thioether (sulfide) groups is 1. The first-order valence-electron chi connectivity index (χ1n) is 5.82. The summed E-state index contributed by atoms with van der Waals surface area (Å²) >= 11 is 3.56. The van der Waals surface area contributed by atoms with Crippen LogP contribution in [0.4, 0.5) is 0 Å². The van der Waals surface area contributed by atoms with Crippen molar-refractivity contribution >= 4 is 28.3 Å². The zero-order chi connectivity index (χ0) is 12.5. The maximum Gasteiger partial charge on any atom is 0.157 e. The van der Waals surface area contributed by atoms with Crippen LogP contribution in [0.3, 0.4) is 0 Å². The number of hydrogen-bond donors (Lipinski definition) is 1. The molecule has 0 aromatic carbocycles. The average Bonchev–Trinajstić information content (AvgIpc) is 2.68. The molecule has 1 aromatic rings. The molecule has 2 heterocycles. The molecule has 0 spiro atoms. The summed E-state index contributed by atoms with van der Waals surface area (Å²) in [5, 5.41) is 5.64. The Hall–Kier alpha value is -0.550. The van der Waals surface area contributed by atoms with Gasteiger partial charge in [0.2, 0.25) is 0 Å². The van der Waals surface area contributed by atoms with Crippen LogP contribution >= 0.6 is 23.1 Å². The molecule has 94 valence electrons. The van der Waals surface area contributed by atoms with Crippen molar-refractivity contribution in [2.75, 3.05) is 12.3 Å². The Morgan fingerprint density at radius 1 is 1.47 bits per heavy atom. The van der Waals surface area contributed by atoms with Crippen LogP contribution in [-0.4, -0.2) is 22.4 Å². The minimum atomic E-state index is 0.251. The van der Waals surface area contributed by atoms with Crippen LogP contribution in [0.5, 0.6) is 0 Å². The fourth-order valence-electron chi connectivity index (χ4n) is 1.55. The van der Waals surface area contributed by atoms with Gasteiger partial charge in [-0.1, -0.05) is 25.6 Å². The molecule has 1 N–H and O–H groups in total. The van der Waals surface area contributed by atoms with Gasteiger partial charge in [-0.2, -0.15) is 0 Å². The molecule has 1 aliphatic heterocycles. The quantitative estimate of drug-likeness (QED) is 0.895. The van der Waals surface area contributed by atoms with E-state index in [-0.39, 0.29) is 6.04 Å². The van der Waals surface area contributed by atoms with Crippen molar-refractivity contribution in [2.24, 2.45) is 10.4 Å². The lowest BCUT2D eigenvalue weighted by molar-refractivity contribution is 0.436. The standard InChI is InChI=1S/C12H19N3S2/c1-8-5-13-10(17-8)9(2)15-11-14-6-12(3,4)7-16-11/h5,9H,6-7H2,1-4H3,(H,14,15). The highest BCUT2D eigenvalue weighted by Crippen LogP contribution is 2.28. The Bertz CT molecular complexity index is 423. The van der Waals surface area contributed by atoms with Gasteiger partial charge in [0.1, 0.15) is 5.01 Å². The Morgan fingerprint density at radius 2 is 2.24 bits per heavy atom. The van der Waals surface area contributed by atoms with E-state index in [0.29, 0.717) is 5.41 Å². The SMILES string of the molecule is Cc1cnc(C(C)NC2=NCC(C)(C)CS2)s1. The maximum atomic E-state index is 4.60. The second-order valence-corrected chi connectivity index (χ2v) is 7.48. The van der Waals surface area contributed by atoms with E-state index in [2.05, 4.69) is 43.0 Å². The van der Waals surface area contributed by atoms with Crippen molar-refractivity contribution in [2.45, 2.75) is 33.7 Å². The molecule has 0 saturated heterocycles. The lowest BCUT2D eigenvalue weighted by atomic mass is 9.97. The molecule has 0 fully saturated rings. The summed E-state index contributed by atoms with van der Waals surface area (Å²) in [7, 11) is 0. The maximum absolute atomic E-state index is 4.60. The van der Waals surface area contributed by atoms with Gasteiger partial charge in [-0.3, -0.25) is 4.99 Å². The Balaban J connectivity index is 1.96. The van der Waals surface area contributed by atoms with Crippen molar-refractivity contribution in [1.82, 2.24) is 10.3 Å². The number of aliphatic imine (C=N–C) groups is 1. The largest absolute Gasteiger partial charge is 0.356 e. The second-order valence-electron chi connectivity index (χ2n) is 5.25. The topological polar surface area (TPSA) is 37.3 Å². The Morgan fingerprint density at radius 3 is 2.76 bits per heavy atom. The monoisotopic (exact) mass is 269 g/mol. The fourth-order valence-corrected chi connectivity index (χ4v) is 3.36. The molecular formula is C12H19N3S2. The first-order chi connectivity index (χ1) is 7.96. The van der Waals surface area contributed by atoms with Crippen molar-refractivity contribution in [1.29, 1.82) is 0 Å². The van der Waals surface area contributed by atoms with Crippen LogP contribution < -0.4 is 5.32 Å². The molecule has 1 unspecified atom stereocenters. The van der Waals surface area contributed by atoms with Gasteiger partial charge in [-0.25, -0.2) is 4.98 Å². The molecule has 0 bridgehead atoms. The lowest BCUT2D eigenvalue weighted by Gasteiger charge is -2.28. The lowest BCUT2D eigenvalue weighted by Crippen LogP contribution is -2.32. The van der Waals surface area contributed by atoms with Gasteiger partial charge in [0.25, 0.3) is 0 Å². The number of rotatable bonds is 2. The predicted octanol–water partition coefficient (Wildman–Crippen LogP) is 3.23. The first-order valence-corrected chi connectivity index (χ1v) is 7.63. The van der Waals surface area contributed by atoms with Crippen LogP contribution in [0.1, 0.15) is 36.7 Å². The molecule has 1 atom stereocenters. The zero-order valence-corrected chi connectivity index (χ0v) is 12.4. The molecule has 3 nitrogen and oxygen atoms in total. The molecule has 17 heavy (non-hydrogen) atoms. The van der Waals surface area contributed by atoms with Crippen LogP contribution in [0.2, 0.25) is 0 Å². The third-order valence-electron chi connectivity index (χ3n) is 2.60. The number of hydrogen-bond acceptors (Lipinski definition) is 5. The number of aromatic nitrogens is 1. The van der Waals surface area contributed by atoms with Crippen molar-refractivity contribution in [3.8, 4) is 0 Å². The summed E-state index contributed by atoms with van der Waals surface area (Å²) < 4.78 is 0. The fraction of sp³-hybridized carbons (Fsp3) is 0.667. The van der Waals surface area contributed by atoms with E-state index >= 15 is 0 Å². The molecule has 0 saturated carbocycles. The van der Waals surface area contributed by atoms with Crippen molar-refractivity contribution in [3.05, 3.63) is 16.1 Å². The summed E-state index contributed by atoms with van der Waals surface area (Å²) in [6.45, 7) is 9.65. The highest BCUT2D eigenvalue weighted by atomic mass is 32.2. The van der Waals surface area contributed by atoms with Gasteiger partial charge in [-0.05, 0) is 19.3 Å². The van der Waals surface area contributed by atoms with E-state index in [4.69, 9.17) is 0 Å². The third-order valence-corrected chi connectivity index (χ3v) is 5.14. The number of nitrogens with one attached hydrogen (secondary N) is 1. The summed E-state index contributed by atoms with van der Waals surface area (Å²) in [6.07, 6.45) is 1.93. The average molecular weight is 269 g/mol. The van der Waals surface area contributed by atoms with Gasteiger partial charge < -0.3 is 5.32 Å². The highest BCUT2D eigenvalue weighted by molar-refractivity contribution is 8.13. The van der Waals surface area contributed by atoms with E-state index < -0.39 is 0 Å². The molecule has 0 aliphatic carbocycles. The van der Waals surface area contributed by atoms with Gasteiger partial charge in [0.05, 0.1) is 6.04 Å². The van der Waals surface area contributed by atoms with E-state index in [9.17, 15) is 0 Å². The van der Waals surface area contributed by atoms with Gasteiger partial charge in [-0.15, -0.1) is 11.3 Å². The van der Waals surface area contributed by atoms with E-state index in [1.165, 1.54) is 4.88 Å². The van der Waals surface area contributed by atoms with Crippen LogP contribution in [-0.2, 0) is 0 Å². The molecule has 1 aliphatic rings. The van der Waals surface area contributed by atoms with E-state index in [1.807, 2.05) is 18.0 Å². The molecular weight excluding hydrogens is 250 g/mol. The summed E-state index contributed by atoms with van der Waals surface area (Å²) in [5.74, 6) is 1.13. The van der Waals surface area contributed by atoms with Crippen LogP contribution in [0.25, 0.3) is 0 Å². The zero-order valence-electron chi connectivity index (χ0n) is 10.8.